The fraction of sp³-hybridized carbons (Fsp3) is 0.909. The summed E-state index contributed by atoms with van der Waals surface area (Å²) in [6, 6.07) is 0.263. The molecule has 0 bridgehead atoms. The summed E-state index contributed by atoms with van der Waals surface area (Å²) in [5.74, 6) is 0.955. The quantitative estimate of drug-likeness (QED) is 0.775. The van der Waals surface area contributed by atoms with Crippen LogP contribution in [0.15, 0.2) is 0 Å². The van der Waals surface area contributed by atoms with E-state index in [-0.39, 0.29) is 23.3 Å². The summed E-state index contributed by atoms with van der Waals surface area (Å²) in [6.07, 6.45) is 1.03. The summed E-state index contributed by atoms with van der Waals surface area (Å²) in [7, 11) is 0. The van der Waals surface area contributed by atoms with Crippen molar-refractivity contribution in [3.8, 4) is 0 Å². The summed E-state index contributed by atoms with van der Waals surface area (Å²) in [5, 5.41) is 3.93. The molecule has 0 aromatic carbocycles. The van der Waals surface area contributed by atoms with Crippen LogP contribution in [0.25, 0.3) is 0 Å². The molecule has 1 aliphatic rings. The number of amides is 1. The molecule has 0 aromatic rings. The Morgan fingerprint density at radius 3 is 2.36 bits per heavy atom. The van der Waals surface area contributed by atoms with E-state index in [1.165, 1.54) is 0 Å². The third kappa shape index (κ3) is 2.72. The molecule has 0 aromatic heterocycles. The summed E-state index contributed by atoms with van der Waals surface area (Å²) in [5.41, 5.74) is 0.234. The van der Waals surface area contributed by atoms with Crippen LogP contribution in [0.3, 0.4) is 0 Å². The number of hydrogen-bond donors (Lipinski definition) is 1. The third-order valence-electron chi connectivity index (χ3n) is 3.13. The van der Waals surface area contributed by atoms with Crippen LogP contribution in [-0.4, -0.2) is 17.3 Å². The molecule has 0 radical (unpaired) electrons. The first-order valence-electron chi connectivity index (χ1n) is 5.25. The van der Waals surface area contributed by atoms with E-state index < -0.39 is 0 Å². The van der Waals surface area contributed by atoms with Crippen molar-refractivity contribution < 1.29 is 4.79 Å². The lowest BCUT2D eigenvalue weighted by Crippen LogP contribution is -2.41. The molecule has 1 rings (SSSR count). The van der Waals surface area contributed by atoms with Crippen molar-refractivity contribution in [2.75, 3.05) is 5.33 Å². The second-order valence-corrected chi connectivity index (χ2v) is 5.91. The van der Waals surface area contributed by atoms with Crippen LogP contribution in [0.1, 0.15) is 34.1 Å². The molecule has 82 valence electrons. The third-order valence-corrected chi connectivity index (χ3v) is 3.83. The molecule has 2 nitrogen and oxygen atoms in total. The number of halogens is 1. The van der Waals surface area contributed by atoms with Gasteiger partial charge in [-0.05, 0) is 17.8 Å². The summed E-state index contributed by atoms with van der Waals surface area (Å²) in [4.78, 5) is 11.8. The maximum absolute atomic E-state index is 11.8. The van der Waals surface area contributed by atoms with E-state index in [1.807, 2.05) is 0 Å². The molecule has 1 fully saturated rings. The Bertz CT molecular complexity index is 225. The van der Waals surface area contributed by atoms with Crippen LogP contribution in [0, 0.1) is 17.3 Å². The van der Waals surface area contributed by atoms with E-state index >= 15 is 0 Å². The molecule has 0 aliphatic heterocycles. The first-order valence-corrected chi connectivity index (χ1v) is 6.37. The van der Waals surface area contributed by atoms with Crippen molar-refractivity contribution in [1.82, 2.24) is 5.32 Å². The second-order valence-electron chi connectivity index (χ2n) is 5.26. The lowest BCUT2D eigenvalue weighted by molar-refractivity contribution is -0.123. The molecule has 3 heteroatoms. The van der Waals surface area contributed by atoms with Crippen molar-refractivity contribution in [1.29, 1.82) is 0 Å². The van der Waals surface area contributed by atoms with Crippen LogP contribution >= 0.6 is 15.9 Å². The molecule has 1 amide bonds. The summed E-state index contributed by atoms with van der Waals surface area (Å²) in [6.45, 7) is 8.56. The number of carbonyl (C=O) groups excluding carboxylic acids is 1. The number of rotatable bonds is 4. The zero-order chi connectivity index (χ0) is 10.9. The summed E-state index contributed by atoms with van der Waals surface area (Å²) < 4.78 is 0. The molecule has 1 N–H and O–H groups in total. The van der Waals surface area contributed by atoms with Crippen LogP contribution < -0.4 is 5.32 Å². The standard InChI is InChI=1S/C11H20BrNO/c1-7(2)9(6-12)13-10(14)8-5-11(8,3)4/h7-9H,5-6H2,1-4H3,(H,13,14). The van der Waals surface area contributed by atoms with Crippen molar-refractivity contribution in [3.05, 3.63) is 0 Å². The Morgan fingerprint density at radius 2 is 2.07 bits per heavy atom. The van der Waals surface area contributed by atoms with Crippen LogP contribution in [0.4, 0.5) is 0 Å². The maximum Gasteiger partial charge on any atom is 0.223 e. The van der Waals surface area contributed by atoms with E-state index in [9.17, 15) is 4.79 Å². The van der Waals surface area contributed by atoms with E-state index in [2.05, 4.69) is 48.9 Å². The van der Waals surface area contributed by atoms with Crippen molar-refractivity contribution >= 4 is 21.8 Å². The molecule has 1 saturated carbocycles. The zero-order valence-electron chi connectivity index (χ0n) is 9.43. The minimum absolute atomic E-state index is 0.230. The molecular weight excluding hydrogens is 242 g/mol. The van der Waals surface area contributed by atoms with Crippen LogP contribution in [0.2, 0.25) is 0 Å². The fourth-order valence-corrected chi connectivity index (χ4v) is 2.49. The average molecular weight is 262 g/mol. The minimum Gasteiger partial charge on any atom is -0.352 e. The Balaban J connectivity index is 2.41. The maximum atomic E-state index is 11.8. The van der Waals surface area contributed by atoms with Gasteiger partial charge in [-0.15, -0.1) is 0 Å². The molecule has 1 aliphatic carbocycles. The molecule has 2 atom stereocenters. The lowest BCUT2D eigenvalue weighted by Gasteiger charge is -2.20. The van der Waals surface area contributed by atoms with Crippen molar-refractivity contribution in [2.24, 2.45) is 17.3 Å². The van der Waals surface area contributed by atoms with Gasteiger partial charge in [-0.3, -0.25) is 4.79 Å². The highest BCUT2D eigenvalue weighted by molar-refractivity contribution is 9.09. The molecule has 0 heterocycles. The predicted octanol–water partition coefficient (Wildman–Crippen LogP) is 2.57. The lowest BCUT2D eigenvalue weighted by atomic mass is 10.1. The Morgan fingerprint density at radius 1 is 1.57 bits per heavy atom. The largest absolute Gasteiger partial charge is 0.352 e. The van der Waals surface area contributed by atoms with Crippen molar-refractivity contribution in [3.63, 3.8) is 0 Å². The van der Waals surface area contributed by atoms with E-state index in [0.717, 1.165) is 11.8 Å². The fourth-order valence-electron chi connectivity index (χ4n) is 1.58. The van der Waals surface area contributed by atoms with E-state index in [4.69, 9.17) is 0 Å². The van der Waals surface area contributed by atoms with Gasteiger partial charge in [0.05, 0.1) is 0 Å². The van der Waals surface area contributed by atoms with Gasteiger partial charge in [0.15, 0.2) is 0 Å². The minimum atomic E-state index is 0.230. The topological polar surface area (TPSA) is 29.1 Å². The Hall–Kier alpha value is -0.0500. The smallest absolute Gasteiger partial charge is 0.223 e. The first-order chi connectivity index (χ1) is 6.38. The van der Waals surface area contributed by atoms with Gasteiger partial charge in [0.25, 0.3) is 0 Å². The number of hydrogen-bond acceptors (Lipinski definition) is 1. The highest BCUT2D eigenvalue weighted by Gasteiger charge is 2.50. The summed E-state index contributed by atoms with van der Waals surface area (Å²) >= 11 is 3.43. The SMILES string of the molecule is CC(C)C(CBr)NC(=O)C1CC1(C)C. The van der Waals surface area contributed by atoms with E-state index in [1.54, 1.807) is 0 Å². The highest BCUT2D eigenvalue weighted by atomic mass is 79.9. The van der Waals surface area contributed by atoms with Gasteiger partial charge in [-0.2, -0.15) is 0 Å². The van der Waals surface area contributed by atoms with Gasteiger partial charge in [0.1, 0.15) is 0 Å². The highest BCUT2D eigenvalue weighted by Crippen LogP contribution is 2.51. The molecular formula is C11H20BrNO. The van der Waals surface area contributed by atoms with Gasteiger partial charge < -0.3 is 5.32 Å². The van der Waals surface area contributed by atoms with Gasteiger partial charge in [0, 0.05) is 17.3 Å². The molecule has 0 spiro atoms. The van der Waals surface area contributed by atoms with Gasteiger partial charge in [0.2, 0.25) is 5.91 Å². The predicted molar refractivity (Wildman–Crippen MR) is 62.5 cm³/mol. The van der Waals surface area contributed by atoms with Crippen LogP contribution in [0.5, 0.6) is 0 Å². The first kappa shape index (κ1) is 12.0. The van der Waals surface area contributed by atoms with E-state index in [0.29, 0.717) is 5.92 Å². The average Bonchev–Trinajstić information content (AvgIpc) is 2.70. The van der Waals surface area contributed by atoms with Crippen molar-refractivity contribution in [2.45, 2.75) is 40.2 Å². The van der Waals surface area contributed by atoms with Crippen LogP contribution in [-0.2, 0) is 4.79 Å². The normalized spacial score (nSPS) is 26.0. The second kappa shape index (κ2) is 4.21. The molecule has 2 unspecified atom stereocenters. The number of alkyl halides is 1. The van der Waals surface area contributed by atoms with Gasteiger partial charge in [-0.1, -0.05) is 43.6 Å². The Kier molecular flexibility index (Phi) is 3.62. The zero-order valence-corrected chi connectivity index (χ0v) is 11.0. The Labute approximate surface area is 95.0 Å². The van der Waals surface area contributed by atoms with Gasteiger partial charge >= 0.3 is 0 Å². The number of nitrogens with one attached hydrogen (secondary N) is 1. The molecule has 14 heavy (non-hydrogen) atoms. The number of carbonyl (C=O) groups is 1. The monoisotopic (exact) mass is 261 g/mol. The molecule has 0 saturated heterocycles. The van der Waals surface area contributed by atoms with Gasteiger partial charge in [-0.25, -0.2) is 0 Å².